The normalized spacial score (nSPS) is 16.6. The molecule has 1 heterocycles. The van der Waals surface area contributed by atoms with Crippen molar-refractivity contribution in [3.05, 3.63) is 65.7 Å². The van der Waals surface area contributed by atoms with Gasteiger partial charge in [0, 0.05) is 45.0 Å². The Morgan fingerprint density at radius 3 is 2.18 bits per heavy atom. The number of nitrogens with one attached hydrogen (secondary N) is 1. The van der Waals surface area contributed by atoms with Gasteiger partial charge in [0.25, 0.3) is 0 Å². The fraction of sp³-hybridized carbons (Fsp3) is 0.368. The molecule has 0 spiro atoms. The Labute approximate surface area is 133 Å². The summed E-state index contributed by atoms with van der Waals surface area (Å²) in [7, 11) is 2.20. The Hall–Kier alpha value is -1.84. The van der Waals surface area contributed by atoms with E-state index in [1.54, 1.807) is 0 Å². The lowest BCUT2D eigenvalue weighted by Gasteiger charge is -2.32. The third-order valence-electron chi connectivity index (χ3n) is 4.30. The van der Waals surface area contributed by atoms with Crippen molar-refractivity contribution in [3.63, 3.8) is 0 Å². The zero-order chi connectivity index (χ0) is 15.2. The van der Waals surface area contributed by atoms with Gasteiger partial charge in [-0.15, -0.1) is 0 Å². The smallest absolute Gasteiger partial charge is 0.0400 e. The highest BCUT2D eigenvalue weighted by Gasteiger charge is 2.13. The van der Waals surface area contributed by atoms with Crippen molar-refractivity contribution in [3.8, 4) is 0 Å². The summed E-state index contributed by atoms with van der Waals surface area (Å²) in [5.74, 6) is 0. The van der Waals surface area contributed by atoms with E-state index in [9.17, 15) is 0 Å². The number of piperazine rings is 1. The molecule has 3 rings (SSSR count). The first-order valence-electron chi connectivity index (χ1n) is 8.07. The van der Waals surface area contributed by atoms with Gasteiger partial charge in [-0.3, -0.25) is 4.90 Å². The summed E-state index contributed by atoms with van der Waals surface area (Å²) in [5, 5.41) is 3.48. The van der Waals surface area contributed by atoms with E-state index >= 15 is 0 Å². The van der Waals surface area contributed by atoms with Gasteiger partial charge in [0.2, 0.25) is 0 Å². The van der Waals surface area contributed by atoms with E-state index in [-0.39, 0.29) is 0 Å². The minimum absolute atomic E-state index is 0.874. The number of likely N-dealkylation sites (N-methyl/N-ethyl adjacent to an activating group) is 1. The largest absolute Gasteiger partial charge is 0.381 e. The number of anilines is 1. The van der Waals surface area contributed by atoms with Crippen LogP contribution >= 0.6 is 0 Å². The predicted octanol–water partition coefficient (Wildman–Crippen LogP) is 3.05. The summed E-state index contributed by atoms with van der Waals surface area (Å²) >= 11 is 0. The molecular formula is C19H25N3. The van der Waals surface area contributed by atoms with Crippen molar-refractivity contribution in [1.82, 2.24) is 9.80 Å². The number of hydrogen-bond acceptors (Lipinski definition) is 3. The van der Waals surface area contributed by atoms with Crippen LogP contribution in [-0.4, -0.2) is 43.0 Å². The van der Waals surface area contributed by atoms with Crippen LogP contribution in [0.3, 0.4) is 0 Å². The van der Waals surface area contributed by atoms with Crippen LogP contribution in [0.1, 0.15) is 11.1 Å². The summed E-state index contributed by atoms with van der Waals surface area (Å²) in [6, 6.07) is 19.4. The summed E-state index contributed by atoms with van der Waals surface area (Å²) in [4.78, 5) is 4.93. The SMILES string of the molecule is CN1CCN(Cc2ccc(NCc3ccccc3)cc2)CC1. The molecule has 1 N–H and O–H groups in total. The molecule has 0 atom stereocenters. The Morgan fingerprint density at radius 2 is 1.50 bits per heavy atom. The maximum absolute atomic E-state index is 3.48. The molecular weight excluding hydrogens is 270 g/mol. The molecule has 116 valence electrons. The first kappa shape index (κ1) is 15.1. The summed E-state index contributed by atoms with van der Waals surface area (Å²) in [5.41, 5.74) is 3.89. The molecule has 2 aromatic carbocycles. The Kier molecular flexibility index (Phi) is 5.09. The molecule has 1 fully saturated rings. The van der Waals surface area contributed by atoms with E-state index in [0.717, 1.165) is 13.1 Å². The van der Waals surface area contributed by atoms with Crippen LogP contribution in [0.4, 0.5) is 5.69 Å². The summed E-state index contributed by atoms with van der Waals surface area (Å²) in [6.07, 6.45) is 0. The zero-order valence-corrected chi connectivity index (χ0v) is 13.3. The van der Waals surface area contributed by atoms with Crippen molar-refractivity contribution < 1.29 is 0 Å². The van der Waals surface area contributed by atoms with Crippen LogP contribution in [0.5, 0.6) is 0 Å². The van der Waals surface area contributed by atoms with Crippen LogP contribution in [-0.2, 0) is 13.1 Å². The third kappa shape index (κ3) is 4.33. The van der Waals surface area contributed by atoms with Gasteiger partial charge in [-0.1, -0.05) is 42.5 Å². The minimum Gasteiger partial charge on any atom is -0.381 e. The quantitative estimate of drug-likeness (QED) is 0.914. The van der Waals surface area contributed by atoms with Gasteiger partial charge in [0.15, 0.2) is 0 Å². The molecule has 22 heavy (non-hydrogen) atoms. The third-order valence-corrected chi connectivity index (χ3v) is 4.30. The minimum atomic E-state index is 0.874. The molecule has 0 amide bonds. The number of rotatable bonds is 5. The Morgan fingerprint density at radius 1 is 0.818 bits per heavy atom. The van der Waals surface area contributed by atoms with Gasteiger partial charge in [0.1, 0.15) is 0 Å². The van der Waals surface area contributed by atoms with Gasteiger partial charge in [-0.05, 0) is 30.3 Å². The van der Waals surface area contributed by atoms with Gasteiger partial charge in [0.05, 0.1) is 0 Å². The molecule has 0 aliphatic carbocycles. The topological polar surface area (TPSA) is 18.5 Å². The van der Waals surface area contributed by atoms with E-state index in [4.69, 9.17) is 0 Å². The second kappa shape index (κ2) is 7.43. The van der Waals surface area contributed by atoms with Crippen LogP contribution in [0.2, 0.25) is 0 Å². The molecule has 1 aliphatic rings. The fourth-order valence-corrected chi connectivity index (χ4v) is 2.79. The average Bonchev–Trinajstić information content (AvgIpc) is 2.57. The van der Waals surface area contributed by atoms with Crippen molar-refractivity contribution in [1.29, 1.82) is 0 Å². The van der Waals surface area contributed by atoms with Gasteiger partial charge >= 0.3 is 0 Å². The number of benzene rings is 2. The van der Waals surface area contributed by atoms with Crippen molar-refractivity contribution >= 4 is 5.69 Å². The molecule has 0 aromatic heterocycles. The lowest BCUT2D eigenvalue weighted by Crippen LogP contribution is -2.43. The van der Waals surface area contributed by atoms with Crippen LogP contribution in [0.25, 0.3) is 0 Å². The lowest BCUT2D eigenvalue weighted by atomic mass is 10.1. The van der Waals surface area contributed by atoms with Gasteiger partial charge in [-0.25, -0.2) is 0 Å². The van der Waals surface area contributed by atoms with Crippen molar-refractivity contribution in [2.24, 2.45) is 0 Å². The molecule has 0 radical (unpaired) electrons. The molecule has 1 aliphatic heterocycles. The maximum Gasteiger partial charge on any atom is 0.0400 e. The zero-order valence-electron chi connectivity index (χ0n) is 13.3. The van der Waals surface area contributed by atoms with Crippen LogP contribution < -0.4 is 5.32 Å². The predicted molar refractivity (Wildman–Crippen MR) is 93.0 cm³/mol. The average molecular weight is 295 g/mol. The molecule has 3 heteroatoms. The molecule has 2 aromatic rings. The van der Waals surface area contributed by atoms with E-state index in [0.29, 0.717) is 0 Å². The monoisotopic (exact) mass is 295 g/mol. The molecule has 3 nitrogen and oxygen atoms in total. The van der Waals surface area contributed by atoms with E-state index in [1.807, 2.05) is 0 Å². The summed E-state index contributed by atoms with van der Waals surface area (Å²) in [6.45, 7) is 6.63. The maximum atomic E-state index is 3.48. The highest BCUT2D eigenvalue weighted by Crippen LogP contribution is 2.13. The number of hydrogen-bond donors (Lipinski definition) is 1. The van der Waals surface area contributed by atoms with Gasteiger partial charge in [-0.2, -0.15) is 0 Å². The molecule has 0 bridgehead atoms. The molecule has 1 saturated heterocycles. The highest BCUT2D eigenvalue weighted by atomic mass is 15.2. The fourth-order valence-electron chi connectivity index (χ4n) is 2.79. The first-order chi connectivity index (χ1) is 10.8. The second-order valence-electron chi connectivity index (χ2n) is 6.12. The standard InChI is InChI=1S/C19H25N3/c1-21-11-13-22(14-12-21)16-18-7-9-19(10-8-18)20-15-17-5-3-2-4-6-17/h2-10,20H,11-16H2,1H3. The van der Waals surface area contributed by atoms with Crippen LogP contribution in [0.15, 0.2) is 54.6 Å². The van der Waals surface area contributed by atoms with Gasteiger partial charge < -0.3 is 10.2 Å². The Balaban J connectivity index is 1.50. The second-order valence-corrected chi connectivity index (χ2v) is 6.12. The lowest BCUT2D eigenvalue weighted by molar-refractivity contribution is 0.148. The molecule has 0 saturated carbocycles. The van der Waals surface area contributed by atoms with Crippen LogP contribution in [0, 0.1) is 0 Å². The first-order valence-corrected chi connectivity index (χ1v) is 8.07. The van der Waals surface area contributed by atoms with E-state index < -0.39 is 0 Å². The van der Waals surface area contributed by atoms with Crippen molar-refractivity contribution in [2.45, 2.75) is 13.1 Å². The summed E-state index contributed by atoms with van der Waals surface area (Å²) < 4.78 is 0. The highest BCUT2D eigenvalue weighted by molar-refractivity contribution is 5.45. The molecule has 0 unspecified atom stereocenters. The van der Waals surface area contributed by atoms with Crippen molar-refractivity contribution in [2.75, 3.05) is 38.5 Å². The number of nitrogens with zero attached hydrogens (tertiary/aromatic N) is 2. The Bertz CT molecular complexity index is 557. The van der Waals surface area contributed by atoms with E-state index in [1.165, 1.54) is 43.0 Å². The van der Waals surface area contributed by atoms with E-state index in [2.05, 4.69) is 76.8 Å².